The van der Waals surface area contributed by atoms with Crippen molar-refractivity contribution in [1.82, 2.24) is 4.90 Å². The third-order valence-electron chi connectivity index (χ3n) is 4.59. The van der Waals surface area contributed by atoms with E-state index in [9.17, 15) is 0 Å². The summed E-state index contributed by atoms with van der Waals surface area (Å²) in [6.45, 7) is 4.66. The van der Waals surface area contributed by atoms with E-state index in [2.05, 4.69) is 11.8 Å². The van der Waals surface area contributed by atoms with Gasteiger partial charge in [0, 0.05) is 18.7 Å². The van der Waals surface area contributed by atoms with E-state index in [4.69, 9.17) is 4.74 Å². The van der Waals surface area contributed by atoms with Gasteiger partial charge in [0.05, 0.1) is 6.10 Å². The van der Waals surface area contributed by atoms with Crippen molar-refractivity contribution in [2.75, 3.05) is 13.2 Å². The predicted octanol–water partition coefficient (Wildman–Crippen LogP) is 2.82. The molecule has 16 heavy (non-hydrogen) atoms. The molecule has 92 valence electrons. The van der Waals surface area contributed by atoms with Crippen LogP contribution < -0.4 is 0 Å². The molecule has 1 aliphatic carbocycles. The first-order valence-electron chi connectivity index (χ1n) is 7.24. The van der Waals surface area contributed by atoms with Crippen molar-refractivity contribution >= 4 is 0 Å². The standard InChI is InChI=1S/C14H25NO/c1-2-7-15-12-5-6-13(15)9-14(8-12)16-10-11-3-4-11/h11-14H,2-10H2,1H3. The number of ether oxygens (including phenoxy) is 1. The Morgan fingerprint density at radius 2 is 1.75 bits per heavy atom. The summed E-state index contributed by atoms with van der Waals surface area (Å²) in [6.07, 6.45) is 10.2. The highest BCUT2D eigenvalue weighted by Crippen LogP contribution is 2.38. The fraction of sp³-hybridized carbons (Fsp3) is 1.00. The number of fused-ring (bicyclic) bond motifs is 2. The molecule has 0 N–H and O–H groups in total. The van der Waals surface area contributed by atoms with Gasteiger partial charge in [-0.15, -0.1) is 0 Å². The molecule has 1 saturated carbocycles. The van der Waals surface area contributed by atoms with E-state index in [1.165, 1.54) is 51.5 Å². The van der Waals surface area contributed by atoms with Crippen LogP contribution in [0.4, 0.5) is 0 Å². The topological polar surface area (TPSA) is 12.5 Å². The van der Waals surface area contributed by atoms with Crippen LogP contribution in [-0.2, 0) is 4.74 Å². The molecule has 0 spiro atoms. The fourth-order valence-electron chi connectivity index (χ4n) is 3.54. The van der Waals surface area contributed by atoms with E-state index in [1.807, 2.05) is 0 Å². The van der Waals surface area contributed by atoms with Crippen LogP contribution in [0.5, 0.6) is 0 Å². The second-order valence-corrected chi connectivity index (χ2v) is 5.99. The minimum atomic E-state index is 0.589. The molecule has 2 atom stereocenters. The van der Waals surface area contributed by atoms with Crippen molar-refractivity contribution in [2.24, 2.45) is 5.92 Å². The third kappa shape index (κ3) is 2.28. The number of hydrogen-bond donors (Lipinski definition) is 0. The van der Waals surface area contributed by atoms with E-state index >= 15 is 0 Å². The summed E-state index contributed by atoms with van der Waals surface area (Å²) in [7, 11) is 0. The van der Waals surface area contributed by atoms with Crippen LogP contribution in [0.2, 0.25) is 0 Å². The minimum Gasteiger partial charge on any atom is -0.378 e. The molecule has 0 amide bonds. The maximum Gasteiger partial charge on any atom is 0.0605 e. The third-order valence-corrected chi connectivity index (χ3v) is 4.59. The molecule has 2 heteroatoms. The van der Waals surface area contributed by atoms with Crippen LogP contribution in [0.1, 0.15) is 51.9 Å². The Morgan fingerprint density at radius 1 is 1.06 bits per heavy atom. The highest BCUT2D eigenvalue weighted by Gasteiger charge is 2.40. The molecular formula is C14H25NO. The van der Waals surface area contributed by atoms with Gasteiger partial charge in [-0.3, -0.25) is 4.90 Å². The van der Waals surface area contributed by atoms with Crippen LogP contribution in [0.25, 0.3) is 0 Å². The summed E-state index contributed by atoms with van der Waals surface area (Å²) < 4.78 is 6.09. The molecule has 2 saturated heterocycles. The van der Waals surface area contributed by atoms with Crippen molar-refractivity contribution in [3.8, 4) is 0 Å². The summed E-state index contributed by atoms with van der Waals surface area (Å²) in [5.74, 6) is 0.923. The Morgan fingerprint density at radius 3 is 2.31 bits per heavy atom. The van der Waals surface area contributed by atoms with Crippen molar-refractivity contribution in [2.45, 2.75) is 70.1 Å². The molecule has 3 fully saturated rings. The molecule has 3 aliphatic rings. The highest BCUT2D eigenvalue weighted by molar-refractivity contribution is 4.95. The van der Waals surface area contributed by atoms with Crippen molar-refractivity contribution in [3.05, 3.63) is 0 Å². The van der Waals surface area contributed by atoms with Crippen LogP contribution in [0, 0.1) is 5.92 Å². The smallest absolute Gasteiger partial charge is 0.0605 e. The van der Waals surface area contributed by atoms with Gasteiger partial charge in [-0.05, 0) is 57.4 Å². The van der Waals surface area contributed by atoms with Crippen LogP contribution in [0.3, 0.4) is 0 Å². The highest BCUT2D eigenvalue weighted by atomic mass is 16.5. The Kier molecular flexibility index (Phi) is 3.21. The Hall–Kier alpha value is -0.0800. The molecule has 3 rings (SSSR count). The normalized spacial score (nSPS) is 39.2. The number of rotatable bonds is 5. The lowest BCUT2D eigenvalue weighted by atomic mass is 9.99. The second-order valence-electron chi connectivity index (χ2n) is 5.99. The molecule has 0 aromatic carbocycles. The quantitative estimate of drug-likeness (QED) is 0.710. The van der Waals surface area contributed by atoms with Crippen molar-refractivity contribution in [3.63, 3.8) is 0 Å². The number of nitrogens with zero attached hydrogens (tertiary/aromatic N) is 1. The average molecular weight is 223 g/mol. The van der Waals surface area contributed by atoms with Crippen molar-refractivity contribution < 1.29 is 4.74 Å². The maximum absolute atomic E-state index is 6.09. The van der Waals surface area contributed by atoms with Gasteiger partial charge in [0.1, 0.15) is 0 Å². The largest absolute Gasteiger partial charge is 0.378 e. The van der Waals surface area contributed by atoms with Gasteiger partial charge in [-0.2, -0.15) is 0 Å². The first-order valence-corrected chi connectivity index (χ1v) is 7.24. The van der Waals surface area contributed by atoms with Gasteiger partial charge in [0.25, 0.3) is 0 Å². The molecule has 0 radical (unpaired) electrons. The Bertz CT molecular complexity index is 225. The zero-order valence-corrected chi connectivity index (χ0v) is 10.5. The number of hydrogen-bond acceptors (Lipinski definition) is 2. The zero-order valence-electron chi connectivity index (χ0n) is 10.5. The van der Waals surface area contributed by atoms with Crippen LogP contribution in [0.15, 0.2) is 0 Å². The predicted molar refractivity (Wildman–Crippen MR) is 65.5 cm³/mol. The van der Waals surface area contributed by atoms with E-state index in [0.717, 1.165) is 24.6 Å². The summed E-state index contributed by atoms with van der Waals surface area (Å²) in [5.41, 5.74) is 0. The van der Waals surface area contributed by atoms with E-state index in [1.54, 1.807) is 0 Å². The molecular weight excluding hydrogens is 198 g/mol. The Balaban J connectivity index is 1.50. The average Bonchev–Trinajstić information content (AvgIpc) is 3.07. The lowest BCUT2D eigenvalue weighted by molar-refractivity contribution is -0.0236. The van der Waals surface area contributed by atoms with Gasteiger partial charge in [-0.25, -0.2) is 0 Å². The molecule has 0 aromatic heterocycles. The van der Waals surface area contributed by atoms with Gasteiger partial charge in [0.2, 0.25) is 0 Å². The molecule has 2 aliphatic heterocycles. The minimum absolute atomic E-state index is 0.589. The number of piperidine rings is 1. The van der Waals surface area contributed by atoms with Crippen LogP contribution in [-0.4, -0.2) is 36.2 Å². The molecule has 2 nitrogen and oxygen atoms in total. The first-order chi connectivity index (χ1) is 7.86. The first kappa shape index (κ1) is 11.0. The molecule has 2 bridgehead atoms. The maximum atomic E-state index is 6.09. The van der Waals surface area contributed by atoms with Gasteiger partial charge in [0.15, 0.2) is 0 Å². The van der Waals surface area contributed by atoms with Gasteiger partial charge < -0.3 is 4.74 Å². The lowest BCUT2D eigenvalue weighted by Crippen LogP contribution is -2.45. The van der Waals surface area contributed by atoms with Gasteiger partial charge >= 0.3 is 0 Å². The summed E-state index contributed by atoms with van der Waals surface area (Å²) in [5, 5.41) is 0. The SMILES string of the molecule is CCCN1C2CCC1CC(OCC1CC1)C2. The van der Waals surface area contributed by atoms with Crippen LogP contribution >= 0.6 is 0 Å². The molecule has 0 aromatic rings. The zero-order chi connectivity index (χ0) is 11.0. The fourth-order valence-corrected chi connectivity index (χ4v) is 3.54. The molecule has 2 heterocycles. The Labute approximate surface area is 99.3 Å². The summed E-state index contributed by atoms with van der Waals surface area (Å²) in [6, 6.07) is 1.70. The van der Waals surface area contributed by atoms with E-state index in [0.29, 0.717) is 6.10 Å². The summed E-state index contributed by atoms with van der Waals surface area (Å²) in [4.78, 5) is 2.76. The van der Waals surface area contributed by atoms with E-state index < -0.39 is 0 Å². The lowest BCUT2D eigenvalue weighted by Gasteiger charge is -2.38. The van der Waals surface area contributed by atoms with Crippen molar-refractivity contribution in [1.29, 1.82) is 0 Å². The second kappa shape index (κ2) is 4.66. The monoisotopic (exact) mass is 223 g/mol. The molecule has 2 unspecified atom stereocenters. The van der Waals surface area contributed by atoms with E-state index in [-0.39, 0.29) is 0 Å². The van der Waals surface area contributed by atoms with Gasteiger partial charge in [-0.1, -0.05) is 6.92 Å². The summed E-state index contributed by atoms with van der Waals surface area (Å²) >= 11 is 0.